The van der Waals surface area contributed by atoms with E-state index in [0.29, 0.717) is 19.0 Å². The second kappa shape index (κ2) is 6.66. The maximum Gasteiger partial charge on any atom is 0.279 e. The van der Waals surface area contributed by atoms with Crippen molar-refractivity contribution in [2.24, 2.45) is 13.0 Å². The van der Waals surface area contributed by atoms with Crippen LogP contribution in [0.25, 0.3) is 0 Å². The Hall–Kier alpha value is -0.960. The molecule has 0 amide bonds. The molecule has 2 heterocycles. The van der Waals surface area contributed by atoms with Crippen LogP contribution in [0.15, 0.2) is 12.3 Å². The Bertz CT molecular complexity index is 520. The molecular formula is C12H23N5O2S. The first-order valence-electron chi connectivity index (χ1n) is 6.89. The topological polar surface area (TPSA) is 79.3 Å². The molecule has 1 aliphatic rings. The lowest BCUT2D eigenvalue weighted by atomic mass is 9.98. The molecule has 0 spiro atoms. The van der Waals surface area contributed by atoms with E-state index >= 15 is 0 Å². The fourth-order valence-corrected chi connectivity index (χ4v) is 3.68. The van der Waals surface area contributed by atoms with Crippen LogP contribution in [0.5, 0.6) is 0 Å². The van der Waals surface area contributed by atoms with E-state index in [1.807, 2.05) is 13.1 Å². The van der Waals surface area contributed by atoms with Crippen molar-refractivity contribution in [3.05, 3.63) is 18.0 Å². The molecule has 2 rings (SSSR count). The number of piperidine rings is 1. The highest BCUT2D eigenvalue weighted by atomic mass is 32.2. The molecule has 0 saturated carbocycles. The summed E-state index contributed by atoms with van der Waals surface area (Å²) >= 11 is 0. The van der Waals surface area contributed by atoms with Crippen LogP contribution in [-0.4, -0.2) is 49.2 Å². The molecule has 114 valence electrons. The van der Waals surface area contributed by atoms with Crippen molar-refractivity contribution >= 4 is 10.2 Å². The minimum Gasteiger partial charge on any atom is -0.319 e. The summed E-state index contributed by atoms with van der Waals surface area (Å²) < 4.78 is 30.3. The highest BCUT2D eigenvalue weighted by Crippen LogP contribution is 2.18. The van der Waals surface area contributed by atoms with E-state index in [1.54, 1.807) is 17.9 Å². The van der Waals surface area contributed by atoms with Gasteiger partial charge in [0.2, 0.25) is 0 Å². The van der Waals surface area contributed by atoms with Gasteiger partial charge in [-0.2, -0.15) is 22.5 Å². The zero-order valence-electron chi connectivity index (χ0n) is 12.0. The predicted molar refractivity (Wildman–Crippen MR) is 77.2 cm³/mol. The van der Waals surface area contributed by atoms with Crippen molar-refractivity contribution in [3.63, 3.8) is 0 Å². The third-order valence-electron chi connectivity index (χ3n) is 3.76. The largest absolute Gasteiger partial charge is 0.319 e. The highest BCUT2D eigenvalue weighted by Gasteiger charge is 2.27. The van der Waals surface area contributed by atoms with Gasteiger partial charge in [-0.1, -0.05) is 0 Å². The average molecular weight is 301 g/mol. The van der Waals surface area contributed by atoms with Gasteiger partial charge in [0.1, 0.15) is 0 Å². The number of aromatic nitrogens is 2. The lowest BCUT2D eigenvalue weighted by molar-refractivity contribution is 0.268. The fourth-order valence-electron chi connectivity index (χ4n) is 2.47. The van der Waals surface area contributed by atoms with Crippen molar-refractivity contribution in [3.8, 4) is 0 Å². The summed E-state index contributed by atoms with van der Waals surface area (Å²) in [5, 5.41) is 7.17. The molecule has 8 heteroatoms. The Morgan fingerprint density at radius 1 is 1.40 bits per heavy atom. The molecule has 0 aliphatic carbocycles. The quantitative estimate of drug-likeness (QED) is 0.755. The molecule has 0 aromatic carbocycles. The predicted octanol–water partition coefficient (Wildman–Crippen LogP) is -0.314. The van der Waals surface area contributed by atoms with Gasteiger partial charge >= 0.3 is 0 Å². The standard InChI is InChI=1S/C12H23N5O2S/c1-13-9-11-4-7-17(8-5-11)20(18,19)15-10-12-3-6-14-16(12)2/h3,6,11,13,15H,4-5,7-10H2,1-2H3. The molecule has 1 aromatic heterocycles. The van der Waals surface area contributed by atoms with Crippen molar-refractivity contribution in [2.45, 2.75) is 19.4 Å². The summed E-state index contributed by atoms with van der Waals surface area (Å²) in [5.74, 6) is 0.573. The van der Waals surface area contributed by atoms with Gasteiger partial charge in [-0.15, -0.1) is 0 Å². The first-order valence-corrected chi connectivity index (χ1v) is 8.33. The molecule has 1 aliphatic heterocycles. The monoisotopic (exact) mass is 301 g/mol. The molecule has 0 bridgehead atoms. The van der Waals surface area contributed by atoms with Gasteiger partial charge < -0.3 is 5.32 Å². The van der Waals surface area contributed by atoms with E-state index in [9.17, 15) is 8.42 Å². The van der Waals surface area contributed by atoms with Crippen molar-refractivity contribution in [1.82, 2.24) is 24.1 Å². The Morgan fingerprint density at radius 2 is 2.10 bits per heavy atom. The van der Waals surface area contributed by atoms with Crippen molar-refractivity contribution in [2.75, 3.05) is 26.7 Å². The van der Waals surface area contributed by atoms with E-state index in [1.165, 1.54) is 4.31 Å². The van der Waals surface area contributed by atoms with E-state index in [-0.39, 0.29) is 6.54 Å². The van der Waals surface area contributed by atoms with Crippen LogP contribution in [0.4, 0.5) is 0 Å². The maximum atomic E-state index is 12.2. The number of hydrogen-bond donors (Lipinski definition) is 2. The number of aryl methyl sites for hydroxylation is 1. The smallest absolute Gasteiger partial charge is 0.279 e. The summed E-state index contributed by atoms with van der Waals surface area (Å²) in [6.45, 7) is 2.41. The van der Waals surface area contributed by atoms with E-state index < -0.39 is 10.2 Å². The van der Waals surface area contributed by atoms with Crippen LogP contribution in [-0.2, 0) is 23.8 Å². The average Bonchev–Trinajstić information content (AvgIpc) is 2.83. The van der Waals surface area contributed by atoms with Crippen LogP contribution in [0, 0.1) is 5.92 Å². The van der Waals surface area contributed by atoms with Gasteiger partial charge in [0, 0.05) is 26.3 Å². The molecule has 1 aromatic rings. The number of nitrogens with one attached hydrogen (secondary N) is 2. The Kier molecular flexibility index (Phi) is 5.14. The second-order valence-corrected chi connectivity index (χ2v) is 6.93. The number of hydrogen-bond acceptors (Lipinski definition) is 4. The van der Waals surface area contributed by atoms with Crippen LogP contribution in [0.3, 0.4) is 0 Å². The van der Waals surface area contributed by atoms with Crippen LogP contribution in [0.2, 0.25) is 0 Å². The first-order chi connectivity index (χ1) is 9.53. The summed E-state index contributed by atoms with van der Waals surface area (Å²) in [7, 11) is 0.335. The van der Waals surface area contributed by atoms with Crippen molar-refractivity contribution < 1.29 is 8.42 Å². The summed E-state index contributed by atoms with van der Waals surface area (Å²) in [5.41, 5.74) is 0.846. The zero-order valence-corrected chi connectivity index (χ0v) is 12.9. The first kappa shape index (κ1) is 15.4. The Labute approximate surface area is 120 Å². The molecule has 0 unspecified atom stereocenters. The lowest BCUT2D eigenvalue weighted by Gasteiger charge is -2.31. The third kappa shape index (κ3) is 3.78. The van der Waals surface area contributed by atoms with E-state index in [4.69, 9.17) is 0 Å². The van der Waals surface area contributed by atoms with Gasteiger partial charge in [0.25, 0.3) is 10.2 Å². The maximum absolute atomic E-state index is 12.2. The molecule has 0 atom stereocenters. The van der Waals surface area contributed by atoms with Gasteiger partial charge in [-0.25, -0.2) is 0 Å². The SMILES string of the molecule is CNCC1CCN(S(=O)(=O)NCc2ccnn2C)CC1. The minimum absolute atomic E-state index is 0.273. The molecule has 1 fully saturated rings. The van der Waals surface area contributed by atoms with Gasteiger partial charge in [0.05, 0.1) is 12.2 Å². The normalized spacial score (nSPS) is 18.5. The zero-order chi connectivity index (χ0) is 14.6. The fraction of sp³-hybridized carbons (Fsp3) is 0.750. The molecule has 20 heavy (non-hydrogen) atoms. The Balaban J connectivity index is 1.87. The third-order valence-corrected chi connectivity index (χ3v) is 5.32. The number of nitrogens with zero attached hydrogens (tertiary/aromatic N) is 3. The van der Waals surface area contributed by atoms with Crippen molar-refractivity contribution in [1.29, 1.82) is 0 Å². The van der Waals surface area contributed by atoms with Crippen LogP contribution >= 0.6 is 0 Å². The molecule has 2 N–H and O–H groups in total. The number of rotatable bonds is 6. The van der Waals surface area contributed by atoms with E-state index in [2.05, 4.69) is 15.1 Å². The van der Waals surface area contributed by atoms with Gasteiger partial charge in [0.15, 0.2) is 0 Å². The lowest BCUT2D eigenvalue weighted by Crippen LogP contribution is -2.45. The second-order valence-electron chi connectivity index (χ2n) is 5.17. The Morgan fingerprint density at radius 3 is 2.65 bits per heavy atom. The molecule has 7 nitrogen and oxygen atoms in total. The summed E-state index contributed by atoms with van der Waals surface area (Å²) in [6, 6.07) is 1.81. The van der Waals surface area contributed by atoms with Gasteiger partial charge in [-0.3, -0.25) is 4.68 Å². The van der Waals surface area contributed by atoms with Crippen LogP contribution < -0.4 is 10.0 Å². The molecule has 0 radical (unpaired) electrons. The van der Waals surface area contributed by atoms with E-state index in [0.717, 1.165) is 25.1 Å². The van der Waals surface area contributed by atoms with Gasteiger partial charge in [-0.05, 0) is 38.4 Å². The molecular weight excluding hydrogens is 278 g/mol. The summed E-state index contributed by atoms with van der Waals surface area (Å²) in [6.07, 6.45) is 3.48. The summed E-state index contributed by atoms with van der Waals surface area (Å²) in [4.78, 5) is 0. The minimum atomic E-state index is -3.39. The van der Waals surface area contributed by atoms with Crippen LogP contribution in [0.1, 0.15) is 18.5 Å². The highest BCUT2D eigenvalue weighted by molar-refractivity contribution is 7.87. The molecule has 1 saturated heterocycles.